The summed E-state index contributed by atoms with van der Waals surface area (Å²) in [6.45, 7) is 2.28. The Morgan fingerprint density at radius 2 is 2.44 bits per heavy atom. The summed E-state index contributed by atoms with van der Waals surface area (Å²) in [5.74, 6) is 6.43. The molecular formula is C11H14N4S. The van der Waals surface area contributed by atoms with Crippen molar-refractivity contribution in [1.82, 2.24) is 9.66 Å². The van der Waals surface area contributed by atoms with Crippen LogP contribution in [-0.2, 0) is 12.8 Å². The van der Waals surface area contributed by atoms with Gasteiger partial charge in [-0.3, -0.25) is 5.41 Å². The number of hydrogen-bond acceptors (Lipinski definition) is 4. The van der Waals surface area contributed by atoms with Crippen molar-refractivity contribution in [1.29, 1.82) is 5.41 Å². The topological polar surface area (TPSA) is 67.7 Å². The average molecular weight is 234 g/mol. The van der Waals surface area contributed by atoms with Crippen LogP contribution in [0.5, 0.6) is 0 Å². The van der Waals surface area contributed by atoms with Crippen LogP contribution in [0.15, 0.2) is 6.33 Å². The Hall–Kier alpha value is -1.36. The Balaban J connectivity index is 2.35. The molecule has 0 radical (unpaired) electrons. The van der Waals surface area contributed by atoms with Gasteiger partial charge in [0.2, 0.25) is 0 Å². The molecular weight excluding hydrogens is 220 g/mol. The number of aromatic nitrogens is 2. The highest BCUT2D eigenvalue weighted by atomic mass is 32.1. The first-order valence-corrected chi connectivity index (χ1v) is 6.30. The summed E-state index contributed by atoms with van der Waals surface area (Å²) in [6, 6.07) is 0. The minimum absolute atomic E-state index is 0.386. The van der Waals surface area contributed by atoms with E-state index in [0.29, 0.717) is 5.49 Å². The maximum atomic E-state index is 8.00. The average Bonchev–Trinajstić information content (AvgIpc) is 2.61. The van der Waals surface area contributed by atoms with Crippen molar-refractivity contribution in [2.45, 2.75) is 26.2 Å². The monoisotopic (exact) mass is 234 g/mol. The van der Waals surface area contributed by atoms with E-state index in [1.54, 1.807) is 11.3 Å². The molecule has 3 N–H and O–H groups in total. The van der Waals surface area contributed by atoms with Crippen LogP contribution < -0.4 is 11.3 Å². The van der Waals surface area contributed by atoms with E-state index < -0.39 is 0 Å². The number of aryl methyl sites for hydroxylation is 1. The van der Waals surface area contributed by atoms with E-state index in [2.05, 4.69) is 11.9 Å². The van der Waals surface area contributed by atoms with Gasteiger partial charge in [0.15, 0.2) is 5.49 Å². The predicted octanol–water partition coefficient (Wildman–Crippen LogP) is 1.42. The standard InChI is InChI=1S/C11H14N4S/c1-6-2-3-7-8(4-6)16-11-9(7)10(12)15(13)5-14-11/h5-6,12H,2-4,13H2,1H3/t6-/m1/s1. The fraction of sp³-hybridized carbons (Fsp3) is 0.455. The maximum absolute atomic E-state index is 8.00. The van der Waals surface area contributed by atoms with Gasteiger partial charge in [-0.1, -0.05) is 6.92 Å². The summed E-state index contributed by atoms with van der Waals surface area (Å²) in [4.78, 5) is 6.68. The van der Waals surface area contributed by atoms with Gasteiger partial charge in [-0.05, 0) is 30.7 Å². The minimum atomic E-state index is 0.386. The molecule has 2 aromatic rings. The van der Waals surface area contributed by atoms with Crippen molar-refractivity contribution in [2.75, 3.05) is 5.84 Å². The maximum Gasteiger partial charge on any atom is 0.155 e. The highest BCUT2D eigenvalue weighted by molar-refractivity contribution is 7.18. The van der Waals surface area contributed by atoms with Crippen LogP contribution in [0.25, 0.3) is 10.2 Å². The molecule has 84 valence electrons. The second-order valence-corrected chi connectivity index (χ2v) is 5.62. The van der Waals surface area contributed by atoms with Crippen molar-refractivity contribution in [3.8, 4) is 0 Å². The van der Waals surface area contributed by atoms with Gasteiger partial charge in [-0.2, -0.15) is 0 Å². The Labute approximate surface area is 97.2 Å². The third-order valence-electron chi connectivity index (χ3n) is 3.29. The number of nitrogens with zero attached hydrogens (tertiary/aromatic N) is 2. The number of thiophene rings is 1. The Morgan fingerprint density at radius 3 is 3.25 bits per heavy atom. The molecule has 16 heavy (non-hydrogen) atoms. The third kappa shape index (κ3) is 1.28. The number of nitrogens with two attached hydrogens (primary N) is 1. The first kappa shape index (κ1) is 9.84. The summed E-state index contributed by atoms with van der Waals surface area (Å²) in [5, 5.41) is 8.97. The highest BCUT2D eigenvalue weighted by Gasteiger charge is 2.21. The number of fused-ring (bicyclic) bond motifs is 3. The highest BCUT2D eigenvalue weighted by Crippen LogP contribution is 2.35. The van der Waals surface area contributed by atoms with Crippen LogP contribution >= 0.6 is 11.3 Å². The molecule has 3 rings (SSSR count). The molecule has 0 saturated heterocycles. The van der Waals surface area contributed by atoms with Gasteiger partial charge in [0.1, 0.15) is 11.2 Å². The molecule has 0 bridgehead atoms. The molecule has 0 spiro atoms. The molecule has 0 amide bonds. The smallest absolute Gasteiger partial charge is 0.155 e. The van der Waals surface area contributed by atoms with Crippen LogP contribution in [0.2, 0.25) is 0 Å². The molecule has 2 heterocycles. The second kappa shape index (κ2) is 3.31. The zero-order chi connectivity index (χ0) is 11.3. The van der Waals surface area contributed by atoms with Crippen molar-refractivity contribution in [2.24, 2.45) is 5.92 Å². The van der Waals surface area contributed by atoms with Gasteiger partial charge in [0.25, 0.3) is 0 Å². The van der Waals surface area contributed by atoms with Gasteiger partial charge >= 0.3 is 0 Å². The zero-order valence-corrected chi connectivity index (χ0v) is 9.97. The Bertz CT molecular complexity index is 610. The summed E-state index contributed by atoms with van der Waals surface area (Å²) in [6.07, 6.45) is 4.92. The number of hydrogen-bond donors (Lipinski definition) is 2. The zero-order valence-electron chi connectivity index (χ0n) is 9.16. The van der Waals surface area contributed by atoms with E-state index >= 15 is 0 Å². The quantitative estimate of drug-likeness (QED) is 0.677. The van der Waals surface area contributed by atoms with Crippen LogP contribution in [-0.4, -0.2) is 9.66 Å². The molecule has 0 aromatic carbocycles. The number of nitrogen functional groups attached to an aromatic ring is 1. The molecule has 2 aromatic heterocycles. The fourth-order valence-corrected chi connectivity index (χ4v) is 3.72. The van der Waals surface area contributed by atoms with Crippen molar-refractivity contribution in [3.63, 3.8) is 0 Å². The SMILES string of the molecule is C[C@@H]1CCc2c(sc3ncn(N)c(=N)c23)C1. The molecule has 4 nitrogen and oxygen atoms in total. The minimum Gasteiger partial charge on any atom is -0.336 e. The van der Waals surface area contributed by atoms with Crippen molar-refractivity contribution >= 4 is 21.6 Å². The summed E-state index contributed by atoms with van der Waals surface area (Å²) >= 11 is 1.73. The van der Waals surface area contributed by atoms with Gasteiger partial charge in [-0.15, -0.1) is 11.3 Å². The molecule has 1 aliphatic carbocycles. The van der Waals surface area contributed by atoms with Gasteiger partial charge in [0.05, 0.1) is 5.39 Å². The lowest BCUT2D eigenvalue weighted by Gasteiger charge is -2.17. The lowest BCUT2D eigenvalue weighted by atomic mass is 9.89. The number of rotatable bonds is 0. The summed E-state index contributed by atoms with van der Waals surface area (Å²) in [7, 11) is 0. The van der Waals surface area contributed by atoms with Crippen molar-refractivity contribution in [3.05, 3.63) is 22.3 Å². The summed E-state index contributed by atoms with van der Waals surface area (Å²) in [5.41, 5.74) is 1.70. The first-order valence-electron chi connectivity index (χ1n) is 5.48. The molecule has 1 aliphatic rings. The molecule has 1 atom stereocenters. The van der Waals surface area contributed by atoms with Gasteiger partial charge < -0.3 is 5.84 Å². The van der Waals surface area contributed by atoms with E-state index in [0.717, 1.165) is 29.0 Å². The Kier molecular flexibility index (Phi) is 2.04. The van der Waals surface area contributed by atoms with E-state index in [4.69, 9.17) is 11.3 Å². The molecule has 0 saturated carbocycles. The molecule has 0 unspecified atom stereocenters. The first-order chi connectivity index (χ1) is 7.66. The van der Waals surface area contributed by atoms with Crippen LogP contribution in [0.1, 0.15) is 23.8 Å². The Morgan fingerprint density at radius 1 is 1.62 bits per heavy atom. The molecule has 0 fully saturated rings. The lowest BCUT2D eigenvalue weighted by Crippen LogP contribution is -2.27. The van der Waals surface area contributed by atoms with E-state index in [-0.39, 0.29) is 0 Å². The van der Waals surface area contributed by atoms with E-state index in [1.807, 2.05) is 0 Å². The van der Waals surface area contributed by atoms with Crippen LogP contribution in [0.4, 0.5) is 0 Å². The van der Waals surface area contributed by atoms with Crippen LogP contribution in [0, 0.1) is 11.3 Å². The molecule has 5 heteroatoms. The third-order valence-corrected chi connectivity index (χ3v) is 4.45. The van der Waals surface area contributed by atoms with E-state index in [1.165, 1.54) is 27.9 Å². The van der Waals surface area contributed by atoms with Crippen LogP contribution in [0.3, 0.4) is 0 Å². The fourth-order valence-electron chi connectivity index (χ4n) is 2.37. The lowest BCUT2D eigenvalue weighted by molar-refractivity contribution is 0.509. The molecule has 0 aliphatic heterocycles. The predicted molar refractivity (Wildman–Crippen MR) is 64.8 cm³/mol. The second-order valence-electron chi connectivity index (χ2n) is 4.53. The largest absolute Gasteiger partial charge is 0.336 e. The number of nitrogens with one attached hydrogen (secondary N) is 1. The van der Waals surface area contributed by atoms with Gasteiger partial charge in [-0.25, -0.2) is 9.66 Å². The summed E-state index contributed by atoms with van der Waals surface area (Å²) < 4.78 is 1.30. The van der Waals surface area contributed by atoms with Crippen molar-refractivity contribution < 1.29 is 0 Å². The van der Waals surface area contributed by atoms with Gasteiger partial charge in [0, 0.05) is 4.88 Å². The van der Waals surface area contributed by atoms with E-state index in [9.17, 15) is 0 Å². The normalized spacial score (nSPS) is 19.9.